The fourth-order valence-electron chi connectivity index (χ4n) is 1.93. The van der Waals surface area contributed by atoms with E-state index < -0.39 is 0 Å². The maximum atomic E-state index is 13.3. The molecule has 3 aromatic rings. The summed E-state index contributed by atoms with van der Waals surface area (Å²) >= 11 is 2.23. The monoisotopic (exact) mass is 353 g/mol. The lowest BCUT2D eigenvalue weighted by Crippen LogP contribution is -2.00. The molecule has 0 atom stereocenters. The molecule has 5 heteroatoms. The molecule has 2 N–H and O–H groups in total. The lowest BCUT2D eigenvalue weighted by Gasteiger charge is -2.06. The first-order valence-corrected chi connectivity index (χ1v) is 6.42. The molecule has 0 bridgehead atoms. The van der Waals surface area contributed by atoms with Crippen LogP contribution in [0.2, 0.25) is 0 Å². The molecule has 3 rings (SSSR count). The number of fused-ring (bicyclic) bond motifs is 1. The molecule has 90 valence electrons. The molecule has 0 aliphatic rings. The molecule has 2 aromatic carbocycles. The number of benzene rings is 2. The van der Waals surface area contributed by atoms with E-state index in [4.69, 9.17) is 5.73 Å². The van der Waals surface area contributed by atoms with Crippen molar-refractivity contribution in [3.05, 3.63) is 51.9 Å². The van der Waals surface area contributed by atoms with E-state index in [0.717, 1.165) is 9.26 Å². The van der Waals surface area contributed by atoms with Crippen LogP contribution in [0.1, 0.15) is 0 Å². The van der Waals surface area contributed by atoms with E-state index in [1.54, 1.807) is 10.6 Å². The van der Waals surface area contributed by atoms with Crippen molar-refractivity contribution >= 4 is 39.6 Å². The van der Waals surface area contributed by atoms with Crippen molar-refractivity contribution < 1.29 is 4.39 Å². The van der Waals surface area contributed by atoms with Crippen LogP contribution in [0.3, 0.4) is 0 Å². The summed E-state index contributed by atoms with van der Waals surface area (Å²) in [7, 11) is 0. The number of halogens is 2. The average Bonchev–Trinajstić information content (AvgIpc) is 2.66. The Morgan fingerprint density at radius 2 is 1.83 bits per heavy atom. The fourth-order valence-corrected chi connectivity index (χ4v) is 2.29. The number of nitrogens with two attached hydrogens (primary N) is 1. The number of imidazole rings is 1. The zero-order valence-corrected chi connectivity index (χ0v) is 11.4. The van der Waals surface area contributed by atoms with Gasteiger partial charge in [0.05, 0.1) is 11.0 Å². The Labute approximate surface area is 117 Å². The molecule has 0 fully saturated rings. The predicted octanol–water partition coefficient (Wildman–Crippen LogP) is 3.35. The second-order valence-electron chi connectivity index (χ2n) is 3.91. The molecule has 1 aromatic heterocycles. The van der Waals surface area contributed by atoms with Gasteiger partial charge in [0.15, 0.2) is 0 Å². The van der Waals surface area contributed by atoms with Crippen LogP contribution < -0.4 is 5.73 Å². The van der Waals surface area contributed by atoms with Crippen molar-refractivity contribution in [3.8, 4) is 5.69 Å². The van der Waals surface area contributed by atoms with Gasteiger partial charge in [-0.3, -0.25) is 4.57 Å². The smallest absolute Gasteiger partial charge is 0.205 e. The summed E-state index contributed by atoms with van der Waals surface area (Å²) in [6, 6.07) is 12.3. The van der Waals surface area contributed by atoms with Crippen molar-refractivity contribution in [1.82, 2.24) is 9.55 Å². The van der Waals surface area contributed by atoms with E-state index >= 15 is 0 Å². The summed E-state index contributed by atoms with van der Waals surface area (Å²) in [6.07, 6.45) is 0. The number of hydrogen-bond acceptors (Lipinski definition) is 2. The SMILES string of the molecule is Nc1nc2ccc(F)cc2n1-c1ccc(I)cc1. The Morgan fingerprint density at radius 1 is 1.11 bits per heavy atom. The highest BCUT2D eigenvalue weighted by Gasteiger charge is 2.10. The van der Waals surface area contributed by atoms with Crippen molar-refractivity contribution in [2.45, 2.75) is 0 Å². The van der Waals surface area contributed by atoms with E-state index in [2.05, 4.69) is 27.6 Å². The van der Waals surface area contributed by atoms with E-state index in [-0.39, 0.29) is 5.82 Å². The normalized spacial score (nSPS) is 11.0. The van der Waals surface area contributed by atoms with Crippen LogP contribution in [-0.4, -0.2) is 9.55 Å². The first kappa shape index (κ1) is 11.5. The molecular weight excluding hydrogens is 344 g/mol. The van der Waals surface area contributed by atoms with E-state index in [9.17, 15) is 4.39 Å². The number of rotatable bonds is 1. The van der Waals surface area contributed by atoms with Crippen molar-refractivity contribution in [3.63, 3.8) is 0 Å². The van der Waals surface area contributed by atoms with E-state index in [0.29, 0.717) is 17.0 Å². The van der Waals surface area contributed by atoms with Gasteiger partial charge in [-0.05, 0) is 59.0 Å². The standard InChI is InChI=1S/C13H9FIN3/c14-8-1-6-11-12(7-8)18(13(16)17-11)10-4-2-9(15)3-5-10/h1-7H,(H2,16,17). The topological polar surface area (TPSA) is 43.8 Å². The molecule has 1 heterocycles. The highest BCUT2D eigenvalue weighted by atomic mass is 127. The van der Waals surface area contributed by atoms with Crippen LogP contribution >= 0.6 is 22.6 Å². The molecule has 0 spiro atoms. The third-order valence-corrected chi connectivity index (χ3v) is 3.45. The Morgan fingerprint density at radius 3 is 2.56 bits per heavy atom. The average molecular weight is 353 g/mol. The largest absolute Gasteiger partial charge is 0.369 e. The van der Waals surface area contributed by atoms with Crippen LogP contribution in [-0.2, 0) is 0 Å². The van der Waals surface area contributed by atoms with Gasteiger partial charge in [0.1, 0.15) is 5.82 Å². The fraction of sp³-hybridized carbons (Fsp3) is 0. The molecular formula is C13H9FIN3. The van der Waals surface area contributed by atoms with Crippen LogP contribution in [0.25, 0.3) is 16.7 Å². The van der Waals surface area contributed by atoms with Crippen LogP contribution in [0.5, 0.6) is 0 Å². The summed E-state index contributed by atoms with van der Waals surface area (Å²) in [6.45, 7) is 0. The zero-order valence-electron chi connectivity index (χ0n) is 9.27. The second-order valence-corrected chi connectivity index (χ2v) is 5.16. The Balaban J connectivity index is 2.30. The highest BCUT2D eigenvalue weighted by molar-refractivity contribution is 14.1. The number of nitrogen functional groups attached to an aromatic ring is 1. The number of hydrogen-bond donors (Lipinski definition) is 1. The Kier molecular flexibility index (Phi) is 2.70. The first-order chi connectivity index (χ1) is 8.65. The molecule has 18 heavy (non-hydrogen) atoms. The molecule has 0 aliphatic heterocycles. The summed E-state index contributed by atoms with van der Waals surface area (Å²) in [5, 5.41) is 0. The third kappa shape index (κ3) is 1.84. The van der Waals surface area contributed by atoms with Gasteiger partial charge in [0, 0.05) is 15.3 Å². The molecule has 0 unspecified atom stereocenters. The summed E-state index contributed by atoms with van der Waals surface area (Å²) < 4.78 is 16.2. The van der Waals surface area contributed by atoms with Gasteiger partial charge < -0.3 is 5.73 Å². The summed E-state index contributed by atoms with van der Waals surface area (Å²) in [5.41, 5.74) is 8.14. The van der Waals surface area contributed by atoms with Crippen LogP contribution in [0.4, 0.5) is 10.3 Å². The van der Waals surface area contributed by atoms with Gasteiger partial charge in [0.25, 0.3) is 0 Å². The van der Waals surface area contributed by atoms with E-state index in [1.807, 2.05) is 24.3 Å². The quantitative estimate of drug-likeness (QED) is 0.682. The van der Waals surface area contributed by atoms with Gasteiger partial charge in [-0.1, -0.05) is 0 Å². The maximum Gasteiger partial charge on any atom is 0.205 e. The van der Waals surface area contributed by atoms with Crippen molar-refractivity contribution in [2.24, 2.45) is 0 Å². The maximum absolute atomic E-state index is 13.3. The summed E-state index contributed by atoms with van der Waals surface area (Å²) in [4.78, 5) is 4.23. The molecule has 0 amide bonds. The minimum Gasteiger partial charge on any atom is -0.369 e. The zero-order chi connectivity index (χ0) is 12.7. The second kappa shape index (κ2) is 4.24. The van der Waals surface area contributed by atoms with Gasteiger partial charge in [-0.15, -0.1) is 0 Å². The lowest BCUT2D eigenvalue weighted by atomic mass is 10.2. The summed E-state index contributed by atoms with van der Waals surface area (Å²) in [5.74, 6) is 0.0611. The van der Waals surface area contributed by atoms with E-state index in [1.165, 1.54) is 12.1 Å². The van der Waals surface area contributed by atoms with Crippen LogP contribution in [0.15, 0.2) is 42.5 Å². The lowest BCUT2D eigenvalue weighted by molar-refractivity contribution is 0.629. The van der Waals surface area contributed by atoms with Gasteiger partial charge in [-0.25, -0.2) is 9.37 Å². The van der Waals surface area contributed by atoms with Crippen molar-refractivity contribution in [1.29, 1.82) is 0 Å². The molecule has 0 radical (unpaired) electrons. The van der Waals surface area contributed by atoms with Crippen molar-refractivity contribution in [2.75, 3.05) is 5.73 Å². The third-order valence-electron chi connectivity index (χ3n) is 2.73. The van der Waals surface area contributed by atoms with Crippen LogP contribution in [0, 0.1) is 9.39 Å². The van der Waals surface area contributed by atoms with Gasteiger partial charge >= 0.3 is 0 Å². The number of nitrogens with zero attached hydrogens (tertiary/aromatic N) is 2. The molecule has 3 nitrogen and oxygen atoms in total. The highest BCUT2D eigenvalue weighted by Crippen LogP contribution is 2.24. The Hall–Kier alpha value is -1.63. The molecule has 0 aliphatic carbocycles. The first-order valence-electron chi connectivity index (χ1n) is 5.34. The Bertz CT molecular complexity index is 719. The minimum absolute atomic E-state index is 0.297. The number of anilines is 1. The van der Waals surface area contributed by atoms with Gasteiger partial charge in [0.2, 0.25) is 5.95 Å². The predicted molar refractivity (Wildman–Crippen MR) is 78.2 cm³/mol. The molecule has 0 saturated heterocycles. The molecule has 0 saturated carbocycles. The minimum atomic E-state index is -0.297. The van der Waals surface area contributed by atoms with Gasteiger partial charge in [-0.2, -0.15) is 0 Å². The number of aromatic nitrogens is 2.